The Bertz CT molecular complexity index is 1200. The second-order valence-corrected chi connectivity index (χ2v) is 9.26. The molecule has 0 N–H and O–H groups in total. The first-order valence-electron chi connectivity index (χ1n) is 10.5. The molecule has 6 heteroatoms. The van der Waals surface area contributed by atoms with Crippen molar-refractivity contribution in [3.8, 4) is 12.1 Å². The van der Waals surface area contributed by atoms with Gasteiger partial charge in [-0.05, 0) is 60.8 Å². The number of para-hydroxylation sites is 2. The van der Waals surface area contributed by atoms with Crippen LogP contribution in [0.25, 0.3) is 16.7 Å². The largest absolute Gasteiger partial charge is 0.357 e. The first kappa shape index (κ1) is 20.5. The molecule has 3 heterocycles. The monoisotopic (exact) mass is 419 g/mol. The summed E-state index contributed by atoms with van der Waals surface area (Å²) in [5.41, 5.74) is 6.22. The van der Waals surface area contributed by atoms with Crippen LogP contribution < -0.4 is 4.90 Å². The number of aromatic nitrogens is 2. The molecule has 5 rings (SSSR count). The molecule has 1 aliphatic heterocycles. The average molecular weight is 420 g/mol. The van der Waals surface area contributed by atoms with E-state index in [9.17, 15) is 10.5 Å². The van der Waals surface area contributed by atoms with Crippen LogP contribution in [0.2, 0.25) is 0 Å². The number of anilines is 1. The van der Waals surface area contributed by atoms with Crippen LogP contribution in [-0.2, 0) is 12.8 Å². The van der Waals surface area contributed by atoms with Crippen LogP contribution in [-0.4, -0.2) is 22.5 Å². The van der Waals surface area contributed by atoms with E-state index in [1.807, 2.05) is 18.2 Å². The van der Waals surface area contributed by atoms with Gasteiger partial charge in [-0.1, -0.05) is 26.0 Å². The van der Waals surface area contributed by atoms with E-state index in [0.29, 0.717) is 0 Å². The maximum Gasteiger partial charge on any atom is 0.157 e. The van der Waals surface area contributed by atoms with E-state index < -0.39 is 0 Å². The van der Waals surface area contributed by atoms with Crippen LogP contribution in [0.15, 0.2) is 24.3 Å². The number of benzene rings is 1. The number of fused-ring (bicyclic) bond motifs is 4. The molecule has 2 aliphatic rings. The minimum atomic E-state index is 0. The Hall–Kier alpha value is -2.76. The summed E-state index contributed by atoms with van der Waals surface area (Å²) in [6.07, 6.45) is 4.76. The highest BCUT2D eigenvalue weighted by Gasteiger charge is 2.34. The van der Waals surface area contributed by atoms with Crippen molar-refractivity contribution in [2.45, 2.75) is 46.0 Å². The molecule has 0 saturated carbocycles. The Kier molecular flexibility index (Phi) is 5.12. The molecule has 1 aliphatic carbocycles. The molecule has 0 radical (unpaired) electrons. The lowest BCUT2D eigenvalue weighted by atomic mass is 9.73. The lowest BCUT2D eigenvalue weighted by Crippen LogP contribution is -2.37. The number of imidazole rings is 1. The number of nitrogens with zero attached hydrogens (tertiary/aromatic N) is 5. The molecule has 3 aromatic rings. The van der Waals surface area contributed by atoms with E-state index >= 15 is 0 Å². The van der Waals surface area contributed by atoms with Crippen molar-refractivity contribution in [3.63, 3.8) is 0 Å². The van der Waals surface area contributed by atoms with Crippen molar-refractivity contribution < 1.29 is 0 Å². The maximum atomic E-state index is 10.1. The van der Waals surface area contributed by atoms with Crippen molar-refractivity contribution in [2.24, 2.45) is 11.3 Å². The zero-order valence-electron chi connectivity index (χ0n) is 17.5. The third kappa shape index (κ3) is 3.09. The van der Waals surface area contributed by atoms with Gasteiger partial charge in [-0.15, -0.1) is 12.4 Å². The third-order valence-corrected chi connectivity index (χ3v) is 6.73. The quantitative estimate of drug-likeness (QED) is 0.554. The Morgan fingerprint density at radius 1 is 1.10 bits per heavy atom. The molecule has 1 aromatic carbocycles. The molecule has 0 unspecified atom stereocenters. The normalized spacial score (nSPS) is 18.5. The van der Waals surface area contributed by atoms with Crippen molar-refractivity contribution in [1.29, 1.82) is 10.5 Å². The molecule has 0 bridgehead atoms. The Morgan fingerprint density at radius 3 is 2.53 bits per heavy atom. The zero-order valence-corrected chi connectivity index (χ0v) is 18.3. The second kappa shape index (κ2) is 7.49. The van der Waals surface area contributed by atoms with Crippen LogP contribution in [0, 0.1) is 34.0 Å². The van der Waals surface area contributed by atoms with Crippen LogP contribution in [0.1, 0.15) is 49.8 Å². The predicted molar refractivity (Wildman–Crippen MR) is 121 cm³/mol. The van der Waals surface area contributed by atoms with Crippen molar-refractivity contribution >= 4 is 34.9 Å². The van der Waals surface area contributed by atoms with Gasteiger partial charge in [0.05, 0.1) is 22.7 Å². The van der Waals surface area contributed by atoms with Crippen molar-refractivity contribution in [2.75, 3.05) is 18.0 Å². The predicted octanol–water partition coefficient (Wildman–Crippen LogP) is 5.04. The van der Waals surface area contributed by atoms with Gasteiger partial charge in [-0.2, -0.15) is 10.5 Å². The van der Waals surface area contributed by atoms with Gasteiger partial charge in [0.1, 0.15) is 11.9 Å². The van der Waals surface area contributed by atoms with Gasteiger partial charge in [-0.25, -0.2) is 4.98 Å². The highest BCUT2D eigenvalue weighted by molar-refractivity contribution is 5.86. The van der Waals surface area contributed by atoms with Crippen LogP contribution >= 0.6 is 12.4 Å². The Morgan fingerprint density at radius 2 is 1.83 bits per heavy atom. The Labute approximate surface area is 183 Å². The van der Waals surface area contributed by atoms with Crippen molar-refractivity contribution in [1.82, 2.24) is 9.38 Å². The second-order valence-electron chi connectivity index (χ2n) is 9.26. The van der Waals surface area contributed by atoms with E-state index in [-0.39, 0.29) is 23.7 Å². The van der Waals surface area contributed by atoms with Gasteiger partial charge in [0.2, 0.25) is 0 Å². The SMILES string of the molecule is CC1(C)CCc2c(c(N3CCC(C#N)CC3)n3c(nc4ccccc43)c2C#N)C1.Cl. The number of hydrogen-bond donors (Lipinski definition) is 0. The van der Waals surface area contributed by atoms with E-state index in [0.717, 1.165) is 67.4 Å². The standard InChI is InChI=1S/C24H25N5.ClH/c1-24(2)10-7-17-18(13-24)23(28-11-8-16(14-25)9-12-28)29-21-6-4-3-5-20(21)27-22(29)19(17)15-26;/h3-6,16H,7-13H2,1-2H3;1H. The van der Waals surface area contributed by atoms with E-state index in [2.05, 4.69) is 41.4 Å². The summed E-state index contributed by atoms with van der Waals surface area (Å²) in [5, 5.41) is 19.4. The summed E-state index contributed by atoms with van der Waals surface area (Å²) in [7, 11) is 0. The van der Waals surface area contributed by atoms with Crippen LogP contribution in [0.5, 0.6) is 0 Å². The fourth-order valence-corrected chi connectivity index (χ4v) is 5.13. The first-order chi connectivity index (χ1) is 14.0. The molecule has 2 aromatic heterocycles. The molecular weight excluding hydrogens is 394 g/mol. The number of rotatable bonds is 1. The summed E-state index contributed by atoms with van der Waals surface area (Å²) in [6.45, 7) is 6.39. The molecular formula is C24H26ClN5. The zero-order chi connectivity index (χ0) is 20.2. The van der Waals surface area contributed by atoms with E-state index in [4.69, 9.17) is 4.98 Å². The van der Waals surface area contributed by atoms with Gasteiger partial charge in [0, 0.05) is 19.0 Å². The molecule has 0 spiro atoms. The number of nitriles is 2. The molecule has 1 fully saturated rings. The molecule has 0 amide bonds. The fraction of sp³-hybridized carbons (Fsp3) is 0.458. The van der Waals surface area contributed by atoms with Gasteiger partial charge < -0.3 is 4.90 Å². The smallest absolute Gasteiger partial charge is 0.157 e. The number of piperidine rings is 1. The van der Waals surface area contributed by atoms with E-state index in [1.165, 1.54) is 16.9 Å². The molecule has 0 atom stereocenters. The lowest BCUT2D eigenvalue weighted by molar-refractivity contribution is 0.314. The highest BCUT2D eigenvalue weighted by Crippen LogP contribution is 2.43. The summed E-state index contributed by atoms with van der Waals surface area (Å²) in [4.78, 5) is 7.32. The Balaban J connectivity index is 0.00000218. The summed E-state index contributed by atoms with van der Waals surface area (Å²) >= 11 is 0. The topological polar surface area (TPSA) is 68.1 Å². The van der Waals surface area contributed by atoms with Crippen LogP contribution in [0.3, 0.4) is 0 Å². The lowest BCUT2D eigenvalue weighted by Gasteiger charge is -2.38. The van der Waals surface area contributed by atoms with Gasteiger partial charge in [0.25, 0.3) is 0 Å². The molecule has 5 nitrogen and oxygen atoms in total. The molecule has 154 valence electrons. The van der Waals surface area contributed by atoms with Gasteiger partial charge >= 0.3 is 0 Å². The summed E-state index contributed by atoms with van der Waals surface area (Å²) in [6, 6.07) is 13.1. The number of hydrogen-bond acceptors (Lipinski definition) is 4. The van der Waals surface area contributed by atoms with Gasteiger partial charge in [0.15, 0.2) is 5.65 Å². The van der Waals surface area contributed by atoms with Crippen molar-refractivity contribution in [3.05, 3.63) is 41.0 Å². The summed E-state index contributed by atoms with van der Waals surface area (Å²) < 4.78 is 2.22. The summed E-state index contributed by atoms with van der Waals surface area (Å²) in [5.74, 6) is 1.35. The molecule has 30 heavy (non-hydrogen) atoms. The number of pyridine rings is 1. The minimum Gasteiger partial charge on any atom is -0.357 e. The number of halogens is 1. The maximum absolute atomic E-state index is 10.1. The minimum absolute atomic E-state index is 0. The highest BCUT2D eigenvalue weighted by atomic mass is 35.5. The third-order valence-electron chi connectivity index (χ3n) is 6.73. The van der Waals surface area contributed by atoms with Gasteiger partial charge in [-0.3, -0.25) is 4.40 Å². The average Bonchev–Trinajstić information content (AvgIpc) is 3.10. The molecule has 1 saturated heterocycles. The first-order valence-corrected chi connectivity index (χ1v) is 10.5. The van der Waals surface area contributed by atoms with Crippen LogP contribution in [0.4, 0.5) is 5.82 Å². The van der Waals surface area contributed by atoms with E-state index in [1.54, 1.807) is 0 Å². The fourth-order valence-electron chi connectivity index (χ4n) is 5.13.